The summed E-state index contributed by atoms with van der Waals surface area (Å²) in [6, 6.07) is 8.27. The minimum atomic E-state index is -0.473. The SMILES string of the molecule is O=C(Nc1ccc(Br)cn1)C1CCCN(C(=O)c2ccc(NC3CC3)c([N+](=O)[O-])c2)C1. The molecule has 0 radical (unpaired) electrons. The maximum atomic E-state index is 13.0. The molecule has 1 aliphatic carbocycles. The number of benzene rings is 1. The molecule has 10 heteroatoms. The Morgan fingerprint density at radius 3 is 2.68 bits per heavy atom. The van der Waals surface area contributed by atoms with Crippen LogP contribution in [0.4, 0.5) is 17.2 Å². The van der Waals surface area contributed by atoms with Crippen molar-refractivity contribution in [2.24, 2.45) is 5.92 Å². The average Bonchev–Trinajstić information content (AvgIpc) is 3.59. The van der Waals surface area contributed by atoms with Crippen molar-refractivity contribution < 1.29 is 14.5 Å². The molecule has 2 heterocycles. The van der Waals surface area contributed by atoms with Gasteiger partial charge in [-0.2, -0.15) is 0 Å². The van der Waals surface area contributed by atoms with Crippen molar-refractivity contribution in [2.75, 3.05) is 23.7 Å². The molecule has 1 saturated carbocycles. The predicted octanol–water partition coefficient (Wildman–Crippen LogP) is 3.82. The van der Waals surface area contributed by atoms with Crippen molar-refractivity contribution in [2.45, 2.75) is 31.7 Å². The molecule has 1 saturated heterocycles. The lowest BCUT2D eigenvalue weighted by atomic mass is 9.96. The first kappa shape index (κ1) is 21.2. The van der Waals surface area contributed by atoms with Gasteiger partial charge in [0.25, 0.3) is 11.6 Å². The number of hydrogen-bond acceptors (Lipinski definition) is 6. The van der Waals surface area contributed by atoms with Gasteiger partial charge in [0.1, 0.15) is 11.5 Å². The fourth-order valence-corrected chi connectivity index (χ4v) is 3.86. The van der Waals surface area contributed by atoms with E-state index < -0.39 is 4.92 Å². The largest absolute Gasteiger partial charge is 0.377 e. The highest BCUT2D eigenvalue weighted by Gasteiger charge is 2.31. The van der Waals surface area contributed by atoms with Crippen LogP contribution in [-0.2, 0) is 4.79 Å². The molecular weight excluding hydrogens is 466 g/mol. The summed E-state index contributed by atoms with van der Waals surface area (Å²) in [5, 5.41) is 17.4. The van der Waals surface area contributed by atoms with Gasteiger partial charge >= 0.3 is 0 Å². The number of likely N-dealkylation sites (tertiary alicyclic amines) is 1. The van der Waals surface area contributed by atoms with E-state index >= 15 is 0 Å². The van der Waals surface area contributed by atoms with E-state index in [1.54, 1.807) is 35.4 Å². The third-order valence-corrected chi connectivity index (χ3v) is 5.91. The van der Waals surface area contributed by atoms with Crippen LogP contribution >= 0.6 is 15.9 Å². The molecule has 162 valence electrons. The number of pyridine rings is 1. The van der Waals surface area contributed by atoms with Gasteiger partial charge in [-0.1, -0.05) is 0 Å². The highest BCUT2D eigenvalue weighted by molar-refractivity contribution is 9.10. The lowest BCUT2D eigenvalue weighted by molar-refractivity contribution is -0.384. The van der Waals surface area contributed by atoms with Gasteiger partial charge in [-0.25, -0.2) is 4.98 Å². The summed E-state index contributed by atoms with van der Waals surface area (Å²) >= 11 is 3.30. The van der Waals surface area contributed by atoms with Crippen LogP contribution in [0.15, 0.2) is 41.0 Å². The molecule has 4 rings (SSSR count). The zero-order valence-corrected chi connectivity index (χ0v) is 18.3. The molecule has 2 N–H and O–H groups in total. The van der Waals surface area contributed by atoms with Gasteiger partial charge in [-0.15, -0.1) is 0 Å². The molecule has 9 nitrogen and oxygen atoms in total. The lowest BCUT2D eigenvalue weighted by Gasteiger charge is -2.32. The number of carbonyl (C=O) groups excluding carboxylic acids is 2. The zero-order valence-electron chi connectivity index (χ0n) is 16.7. The van der Waals surface area contributed by atoms with E-state index in [-0.39, 0.29) is 41.6 Å². The molecule has 31 heavy (non-hydrogen) atoms. The van der Waals surface area contributed by atoms with Crippen LogP contribution in [0.3, 0.4) is 0 Å². The lowest BCUT2D eigenvalue weighted by Crippen LogP contribution is -2.43. The monoisotopic (exact) mass is 487 g/mol. The van der Waals surface area contributed by atoms with Crippen LogP contribution in [0.2, 0.25) is 0 Å². The topological polar surface area (TPSA) is 117 Å². The molecule has 1 unspecified atom stereocenters. The number of halogens is 1. The number of anilines is 2. The highest BCUT2D eigenvalue weighted by Crippen LogP contribution is 2.32. The summed E-state index contributed by atoms with van der Waals surface area (Å²) in [4.78, 5) is 42.4. The van der Waals surface area contributed by atoms with Crippen molar-refractivity contribution in [3.8, 4) is 0 Å². The van der Waals surface area contributed by atoms with Crippen molar-refractivity contribution in [3.05, 3.63) is 56.7 Å². The number of nitrogens with zero attached hydrogens (tertiary/aromatic N) is 3. The molecule has 1 aliphatic heterocycles. The first-order valence-electron chi connectivity index (χ1n) is 10.2. The zero-order chi connectivity index (χ0) is 22.0. The summed E-state index contributed by atoms with van der Waals surface area (Å²) in [6.45, 7) is 0.770. The minimum Gasteiger partial charge on any atom is -0.377 e. The molecule has 1 aromatic heterocycles. The quantitative estimate of drug-likeness (QED) is 0.472. The van der Waals surface area contributed by atoms with Crippen molar-refractivity contribution >= 4 is 44.9 Å². The maximum absolute atomic E-state index is 13.0. The van der Waals surface area contributed by atoms with E-state index in [0.717, 1.165) is 17.3 Å². The third kappa shape index (κ3) is 5.19. The average molecular weight is 488 g/mol. The molecule has 1 atom stereocenters. The number of nitro groups is 1. The number of aromatic nitrogens is 1. The van der Waals surface area contributed by atoms with Gasteiger partial charge in [0.15, 0.2) is 0 Å². The van der Waals surface area contributed by atoms with Crippen LogP contribution in [0.1, 0.15) is 36.0 Å². The Kier molecular flexibility index (Phi) is 6.17. The number of carbonyl (C=O) groups is 2. The highest BCUT2D eigenvalue weighted by atomic mass is 79.9. The summed E-state index contributed by atoms with van der Waals surface area (Å²) in [5.74, 6) is -0.414. The second-order valence-electron chi connectivity index (χ2n) is 7.85. The molecule has 2 aromatic rings. The van der Waals surface area contributed by atoms with Crippen molar-refractivity contribution in [1.82, 2.24) is 9.88 Å². The molecule has 0 spiro atoms. The number of piperidine rings is 1. The Morgan fingerprint density at radius 1 is 1.19 bits per heavy atom. The smallest absolute Gasteiger partial charge is 0.293 e. The normalized spacial score (nSPS) is 18.4. The second kappa shape index (κ2) is 9.01. The first-order valence-corrected chi connectivity index (χ1v) is 11.0. The van der Waals surface area contributed by atoms with Crippen molar-refractivity contribution in [1.29, 1.82) is 0 Å². The van der Waals surface area contributed by atoms with E-state index in [1.807, 2.05) is 0 Å². The van der Waals surface area contributed by atoms with Crippen LogP contribution < -0.4 is 10.6 Å². The van der Waals surface area contributed by atoms with Crippen LogP contribution in [-0.4, -0.2) is 45.8 Å². The predicted molar refractivity (Wildman–Crippen MR) is 119 cm³/mol. The Balaban J connectivity index is 1.44. The van der Waals surface area contributed by atoms with E-state index in [1.165, 1.54) is 6.07 Å². The standard InChI is InChI=1S/C21H22BrN5O4/c22-15-4-8-19(23-11-15)25-20(28)14-2-1-9-26(12-14)21(29)13-3-7-17(24-16-5-6-16)18(10-13)27(30)31/h3-4,7-8,10-11,14,16,24H,1-2,5-6,9,12H2,(H,23,25,28). The van der Waals surface area contributed by atoms with Gasteiger partial charge in [-0.05, 0) is 65.9 Å². The molecule has 0 bridgehead atoms. The summed E-state index contributed by atoms with van der Waals surface area (Å²) < 4.78 is 0.812. The van der Waals surface area contributed by atoms with Gasteiger partial charge < -0.3 is 15.5 Å². The van der Waals surface area contributed by atoms with E-state index in [9.17, 15) is 19.7 Å². The molecule has 1 aromatic carbocycles. The van der Waals surface area contributed by atoms with E-state index in [4.69, 9.17) is 0 Å². The third-order valence-electron chi connectivity index (χ3n) is 5.44. The minimum absolute atomic E-state index is 0.106. The van der Waals surface area contributed by atoms with Gasteiger partial charge in [0.2, 0.25) is 5.91 Å². The number of rotatable bonds is 6. The molecule has 2 fully saturated rings. The number of nitrogens with one attached hydrogen (secondary N) is 2. The molecule has 2 amide bonds. The summed E-state index contributed by atoms with van der Waals surface area (Å²) in [5.41, 5.74) is 0.580. The van der Waals surface area contributed by atoms with Crippen molar-refractivity contribution in [3.63, 3.8) is 0 Å². The van der Waals surface area contributed by atoms with Crippen LogP contribution in [0.25, 0.3) is 0 Å². The molecule has 2 aliphatic rings. The van der Waals surface area contributed by atoms with E-state index in [0.29, 0.717) is 30.9 Å². The van der Waals surface area contributed by atoms with E-state index in [2.05, 4.69) is 31.5 Å². The molecular formula is C21H22BrN5O4. The van der Waals surface area contributed by atoms with Gasteiger partial charge in [-0.3, -0.25) is 19.7 Å². The number of hydrogen-bond donors (Lipinski definition) is 2. The van der Waals surface area contributed by atoms with Gasteiger partial charge in [0, 0.05) is 41.4 Å². The van der Waals surface area contributed by atoms with Crippen LogP contribution in [0.5, 0.6) is 0 Å². The summed E-state index contributed by atoms with van der Waals surface area (Å²) in [7, 11) is 0. The Bertz CT molecular complexity index is 1010. The first-order chi connectivity index (χ1) is 14.9. The Hall–Kier alpha value is -3.01. The Morgan fingerprint density at radius 2 is 2.00 bits per heavy atom. The summed E-state index contributed by atoms with van der Waals surface area (Å²) in [6.07, 6.45) is 4.92. The fraction of sp³-hybridized carbons (Fsp3) is 0.381. The number of amides is 2. The number of nitro benzene ring substituents is 1. The maximum Gasteiger partial charge on any atom is 0.293 e. The fourth-order valence-electron chi connectivity index (χ4n) is 3.62. The van der Waals surface area contributed by atoms with Gasteiger partial charge in [0.05, 0.1) is 10.8 Å². The Labute approximate surface area is 187 Å². The van der Waals surface area contributed by atoms with Crippen LogP contribution in [0, 0.1) is 16.0 Å². The second-order valence-corrected chi connectivity index (χ2v) is 8.76.